The number of guanidine groups is 1. The number of rotatable bonds is 12. The van der Waals surface area contributed by atoms with Gasteiger partial charge in [-0.05, 0) is 36.6 Å². The zero-order valence-corrected chi connectivity index (χ0v) is 21.2. The fourth-order valence-electron chi connectivity index (χ4n) is 3.22. The Morgan fingerprint density at radius 3 is 2.56 bits per heavy atom. The van der Waals surface area contributed by atoms with Crippen molar-refractivity contribution in [2.24, 2.45) is 4.99 Å². The molecule has 3 aromatic rings. The Bertz CT molecular complexity index is 943. The van der Waals surface area contributed by atoms with Crippen LogP contribution in [0.5, 0.6) is 0 Å². The van der Waals surface area contributed by atoms with E-state index in [-0.39, 0.29) is 24.0 Å². The third-order valence-electron chi connectivity index (χ3n) is 4.86. The molecule has 1 heterocycles. The van der Waals surface area contributed by atoms with E-state index in [1.807, 2.05) is 24.5 Å². The van der Waals surface area contributed by atoms with Crippen LogP contribution in [0, 0.1) is 0 Å². The summed E-state index contributed by atoms with van der Waals surface area (Å²) < 4.78 is 12.6. The lowest BCUT2D eigenvalue weighted by molar-refractivity contribution is 0.0698. The Kier molecular flexibility index (Phi) is 12.1. The molecule has 0 aliphatic carbocycles. The molecule has 3 rings (SSSR count). The number of halogens is 1. The highest BCUT2D eigenvalue weighted by atomic mass is 127. The van der Waals surface area contributed by atoms with Gasteiger partial charge in [0.25, 0.3) is 0 Å². The van der Waals surface area contributed by atoms with E-state index in [0.717, 1.165) is 43.0 Å². The molecule has 7 nitrogen and oxygen atoms in total. The van der Waals surface area contributed by atoms with E-state index < -0.39 is 0 Å². The molecule has 0 spiro atoms. The SMILES string of the molecule is CCNC(=NCc1ccc(Cn2cnc3ccccc32)cc1)NCCCOCCOC.I. The van der Waals surface area contributed by atoms with E-state index in [1.54, 1.807) is 7.11 Å². The molecular weight excluding hydrogens is 517 g/mol. The Morgan fingerprint density at radius 2 is 1.78 bits per heavy atom. The molecular formula is C24H34IN5O2. The van der Waals surface area contributed by atoms with Crippen molar-refractivity contribution in [3.05, 3.63) is 66.0 Å². The fourth-order valence-corrected chi connectivity index (χ4v) is 3.22. The number of nitrogens with one attached hydrogen (secondary N) is 2. The van der Waals surface area contributed by atoms with Gasteiger partial charge >= 0.3 is 0 Å². The quantitative estimate of drug-likeness (QED) is 0.155. The van der Waals surface area contributed by atoms with Crippen LogP contribution >= 0.6 is 24.0 Å². The normalized spacial score (nSPS) is 11.4. The number of benzene rings is 2. The van der Waals surface area contributed by atoms with Crippen LogP contribution in [0.15, 0.2) is 59.9 Å². The molecule has 8 heteroatoms. The Morgan fingerprint density at radius 1 is 1.00 bits per heavy atom. The number of imidazole rings is 1. The summed E-state index contributed by atoms with van der Waals surface area (Å²) >= 11 is 0. The first-order valence-electron chi connectivity index (χ1n) is 10.9. The largest absolute Gasteiger partial charge is 0.382 e. The van der Waals surface area contributed by atoms with Gasteiger partial charge in [-0.15, -0.1) is 24.0 Å². The van der Waals surface area contributed by atoms with Crippen LogP contribution in [0.4, 0.5) is 0 Å². The van der Waals surface area contributed by atoms with Gasteiger partial charge in [-0.1, -0.05) is 36.4 Å². The molecule has 174 valence electrons. The molecule has 2 aromatic carbocycles. The summed E-state index contributed by atoms with van der Waals surface area (Å²) in [4.78, 5) is 9.16. The number of hydrogen-bond donors (Lipinski definition) is 2. The first-order chi connectivity index (χ1) is 15.3. The number of methoxy groups -OCH3 is 1. The van der Waals surface area contributed by atoms with Crippen LogP contribution in [0.3, 0.4) is 0 Å². The summed E-state index contributed by atoms with van der Waals surface area (Å²) in [6.07, 6.45) is 2.83. The zero-order valence-electron chi connectivity index (χ0n) is 18.9. The number of hydrogen-bond acceptors (Lipinski definition) is 4. The van der Waals surface area contributed by atoms with E-state index in [0.29, 0.717) is 26.4 Å². The number of aliphatic imine (C=N–C) groups is 1. The summed E-state index contributed by atoms with van der Waals surface area (Å²) in [7, 11) is 1.68. The molecule has 32 heavy (non-hydrogen) atoms. The molecule has 0 amide bonds. The van der Waals surface area contributed by atoms with Crippen molar-refractivity contribution < 1.29 is 9.47 Å². The minimum atomic E-state index is 0. The predicted octanol–water partition coefficient (Wildman–Crippen LogP) is 3.81. The molecule has 0 saturated heterocycles. The molecule has 0 unspecified atom stereocenters. The zero-order chi connectivity index (χ0) is 21.7. The standard InChI is InChI=1S/C24H33N5O2.HI/c1-3-25-24(26-13-6-14-31-16-15-30-2)27-17-20-9-11-21(12-10-20)18-29-19-28-22-7-4-5-8-23(22)29;/h4-5,7-12,19H,3,6,13-18H2,1-2H3,(H2,25,26,27);1H. The van der Waals surface area contributed by atoms with Gasteiger partial charge in [0.1, 0.15) is 0 Å². The second kappa shape index (κ2) is 14.8. The van der Waals surface area contributed by atoms with Crippen LogP contribution in [-0.4, -0.2) is 55.5 Å². The maximum absolute atomic E-state index is 5.49. The number of ether oxygens (including phenoxy) is 2. The second-order valence-corrected chi connectivity index (χ2v) is 7.26. The van der Waals surface area contributed by atoms with Crippen molar-refractivity contribution >= 4 is 41.0 Å². The van der Waals surface area contributed by atoms with Crippen molar-refractivity contribution in [2.75, 3.05) is 40.0 Å². The predicted molar refractivity (Wildman–Crippen MR) is 141 cm³/mol. The maximum Gasteiger partial charge on any atom is 0.191 e. The van der Waals surface area contributed by atoms with Crippen molar-refractivity contribution in [1.82, 2.24) is 20.2 Å². The lowest BCUT2D eigenvalue weighted by atomic mass is 10.1. The van der Waals surface area contributed by atoms with Gasteiger partial charge < -0.3 is 24.7 Å². The van der Waals surface area contributed by atoms with Gasteiger partial charge in [0.05, 0.1) is 37.1 Å². The maximum atomic E-state index is 5.49. The molecule has 0 bridgehead atoms. The van der Waals surface area contributed by atoms with Crippen LogP contribution in [-0.2, 0) is 22.6 Å². The Labute approximate surface area is 207 Å². The highest BCUT2D eigenvalue weighted by molar-refractivity contribution is 14.0. The summed E-state index contributed by atoms with van der Waals surface area (Å²) in [5.74, 6) is 0.827. The topological polar surface area (TPSA) is 72.7 Å². The molecule has 0 fully saturated rings. The minimum Gasteiger partial charge on any atom is -0.382 e. The van der Waals surface area contributed by atoms with Crippen LogP contribution in [0.2, 0.25) is 0 Å². The summed E-state index contributed by atoms with van der Waals surface area (Å²) in [5.41, 5.74) is 4.61. The van der Waals surface area contributed by atoms with Gasteiger partial charge in [0, 0.05) is 33.4 Å². The average Bonchev–Trinajstić information content (AvgIpc) is 3.20. The number of fused-ring (bicyclic) bond motifs is 1. The van der Waals surface area contributed by atoms with Gasteiger partial charge in [-0.25, -0.2) is 9.98 Å². The Balaban J connectivity index is 0.00000363. The number of nitrogens with zero attached hydrogens (tertiary/aromatic N) is 3. The molecule has 0 radical (unpaired) electrons. The lowest BCUT2D eigenvalue weighted by Crippen LogP contribution is -2.38. The summed E-state index contributed by atoms with van der Waals surface area (Å²) in [6.45, 7) is 7.13. The third-order valence-corrected chi connectivity index (χ3v) is 4.86. The summed E-state index contributed by atoms with van der Waals surface area (Å²) in [6, 6.07) is 16.8. The fraction of sp³-hybridized carbons (Fsp3) is 0.417. The van der Waals surface area contributed by atoms with Crippen LogP contribution in [0.25, 0.3) is 11.0 Å². The smallest absolute Gasteiger partial charge is 0.191 e. The van der Waals surface area contributed by atoms with Gasteiger partial charge in [-0.2, -0.15) is 0 Å². The van der Waals surface area contributed by atoms with Crippen LogP contribution in [0.1, 0.15) is 24.5 Å². The van der Waals surface area contributed by atoms with E-state index in [4.69, 9.17) is 14.5 Å². The molecule has 2 N–H and O–H groups in total. The molecule has 1 aromatic heterocycles. The monoisotopic (exact) mass is 551 g/mol. The van der Waals surface area contributed by atoms with Gasteiger partial charge in [0.15, 0.2) is 5.96 Å². The van der Waals surface area contributed by atoms with E-state index in [2.05, 4.69) is 57.4 Å². The van der Waals surface area contributed by atoms with Crippen molar-refractivity contribution in [3.8, 4) is 0 Å². The lowest BCUT2D eigenvalue weighted by Gasteiger charge is -2.11. The molecule has 0 aliphatic rings. The van der Waals surface area contributed by atoms with Crippen LogP contribution < -0.4 is 10.6 Å². The Hall–Kier alpha value is -2.17. The minimum absolute atomic E-state index is 0. The number of para-hydroxylation sites is 2. The molecule has 0 aliphatic heterocycles. The highest BCUT2D eigenvalue weighted by Gasteiger charge is 2.03. The van der Waals surface area contributed by atoms with Crippen molar-refractivity contribution in [3.63, 3.8) is 0 Å². The second-order valence-electron chi connectivity index (χ2n) is 7.26. The highest BCUT2D eigenvalue weighted by Crippen LogP contribution is 2.14. The van der Waals surface area contributed by atoms with Gasteiger partial charge in [-0.3, -0.25) is 0 Å². The average molecular weight is 551 g/mol. The van der Waals surface area contributed by atoms with Crippen molar-refractivity contribution in [1.29, 1.82) is 0 Å². The first kappa shape index (κ1) is 26.1. The van der Waals surface area contributed by atoms with E-state index in [9.17, 15) is 0 Å². The molecule has 0 saturated carbocycles. The first-order valence-corrected chi connectivity index (χ1v) is 10.9. The van der Waals surface area contributed by atoms with E-state index in [1.165, 1.54) is 11.1 Å². The third kappa shape index (κ3) is 8.40. The van der Waals surface area contributed by atoms with Crippen molar-refractivity contribution in [2.45, 2.75) is 26.4 Å². The molecule has 0 atom stereocenters. The van der Waals surface area contributed by atoms with Gasteiger partial charge in [0.2, 0.25) is 0 Å². The number of aromatic nitrogens is 2. The van der Waals surface area contributed by atoms with E-state index >= 15 is 0 Å². The summed E-state index contributed by atoms with van der Waals surface area (Å²) in [5, 5.41) is 6.65.